The lowest BCUT2D eigenvalue weighted by atomic mass is 10.4. The highest BCUT2D eigenvalue weighted by Crippen LogP contribution is 2.21. The number of nitrogens with one attached hydrogen (secondary N) is 1. The number of halogens is 1. The first-order chi connectivity index (χ1) is 5.25. The van der Waals surface area contributed by atoms with Crippen LogP contribution >= 0.6 is 27.3 Å². The number of amides is 1. The van der Waals surface area contributed by atoms with Crippen LogP contribution in [0.1, 0.15) is 16.6 Å². The Hall–Kier alpha value is -0.350. The molecule has 0 aliphatic rings. The summed E-state index contributed by atoms with van der Waals surface area (Å²) in [6.07, 6.45) is 0. The van der Waals surface area contributed by atoms with Crippen molar-refractivity contribution in [2.45, 2.75) is 6.92 Å². The summed E-state index contributed by atoms with van der Waals surface area (Å²) in [5.74, 6) is -0.00521. The van der Waals surface area contributed by atoms with Gasteiger partial charge in [0.1, 0.15) is 4.88 Å². The number of carbonyl (C=O) groups excluding carboxylic acids is 1. The Morgan fingerprint density at radius 2 is 2.55 bits per heavy atom. The van der Waals surface area contributed by atoms with Gasteiger partial charge in [0.2, 0.25) is 0 Å². The van der Waals surface area contributed by atoms with Crippen LogP contribution in [-0.4, -0.2) is 12.5 Å². The molecule has 0 aromatic carbocycles. The topological polar surface area (TPSA) is 29.1 Å². The Kier molecular flexibility index (Phi) is 3.08. The fourth-order valence-electron chi connectivity index (χ4n) is 0.697. The van der Waals surface area contributed by atoms with Gasteiger partial charge in [0.15, 0.2) is 0 Å². The average molecular weight is 234 g/mol. The first kappa shape index (κ1) is 8.74. The molecule has 0 unspecified atom stereocenters. The van der Waals surface area contributed by atoms with Gasteiger partial charge in [-0.05, 0) is 34.3 Å². The van der Waals surface area contributed by atoms with Gasteiger partial charge < -0.3 is 5.32 Å². The average Bonchev–Trinajstić information content (AvgIpc) is 2.36. The van der Waals surface area contributed by atoms with Crippen molar-refractivity contribution in [3.8, 4) is 0 Å². The van der Waals surface area contributed by atoms with Crippen LogP contribution in [0.2, 0.25) is 0 Å². The van der Waals surface area contributed by atoms with Crippen molar-refractivity contribution in [1.82, 2.24) is 5.32 Å². The fourth-order valence-corrected chi connectivity index (χ4v) is 2.16. The van der Waals surface area contributed by atoms with E-state index in [1.165, 1.54) is 11.3 Å². The quantitative estimate of drug-likeness (QED) is 0.835. The molecule has 4 heteroatoms. The molecule has 0 fully saturated rings. The van der Waals surface area contributed by atoms with E-state index >= 15 is 0 Å². The lowest BCUT2D eigenvalue weighted by molar-refractivity contribution is 0.0959. The summed E-state index contributed by atoms with van der Waals surface area (Å²) >= 11 is 4.73. The molecule has 0 atom stereocenters. The van der Waals surface area contributed by atoms with Gasteiger partial charge in [0.25, 0.3) is 5.91 Å². The third kappa shape index (κ3) is 2.04. The van der Waals surface area contributed by atoms with Gasteiger partial charge in [-0.15, -0.1) is 11.3 Å². The van der Waals surface area contributed by atoms with Gasteiger partial charge in [0, 0.05) is 11.0 Å². The third-order valence-corrected chi connectivity index (χ3v) is 3.00. The van der Waals surface area contributed by atoms with E-state index in [4.69, 9.17) is 0 Å². The van der Waals surface area contributed by atoms with Crippen LogP contribution < -0.4 is 5.32 Å². The van der Waals surface area contributed by atoms with Crippen molar-refractivity contribution >= 4 is 33.2 Å². The largest absolute Gasteiger partial charge is 0.352 e. The highest BCUT2D eigenvalue weighted by Gasteiger charge is 2.08. The summed E-state index contributed by atoms with van der Waals surface area (Å²) in [4.78, 5) is 11.9. The van der Waals surface area contributed by atoms with E-state index in [1.807, 2.05) is 18.4 Å². The molecule has 0 radical (unpaired) electrons. The maximum Gasteiger partial charge on any atom is 0.262 e. The second-order valence-corrected chi connectivity index (χ2v) is 3.73. The molecule has 1 N–H and O–H groups in total. The van der Waals surface area contributed by atoms with Crippen LogP contribution in [-0.2, 0) is 0 Å². The molecule has 60 valence electrons. The Labute approximate surface area is 77.7 Å². The Bertz CT molecular complexity index is 259. The molecule has 2 nitrogen and oxygen atoms in total. The summed E-state index contributed by atoms with van der Waals surface area (Å²) in [5.41, 5.74) is 0. The number of hydrogen-bond donors (Lipinski definition) is 1. The van der Waals surface area contributed by atoms with Crippen molar-refractivity contribution in [3.63, 3.8) is 0 Å². The molecule has 0 aliphatic carbocycles. The first-order valence-corrected chi connectivity index (χ1v) is 4.94. The molecule has 0 saturated carbocycles. The zero-order valence-electron chi connectivity index (χ0n) is 6.06. The predicted molar refractivity (Wildman–Crippen MR) is 50.0 cm³/mol. The van der Waals surface area contributed by atoms with Gasteiger partial charge in [-0.25, -0.2) is 0 Å². The van der Waals surface area contributed by atoms with Crippen LogP contribution in [0.25, 0.3) is 0 Å². The number of thiophene rings is 1. The smallest absolute Gasteiger partial charge is 0.262 e. The second kappa shape index (κ2) is 3.88. The maximum absolute atomic E-state index is 11.2. The van der Waals surface area contributed by atoms with Gasteiger partial charge in [0.05, 0.1) is 0 Å². The van der Waals surface area contributed by atoms with Crippen LogP contribution in [0, 0.1) is 0 Å². The Morgan fingerprint density at radius 3 is 3.00 bits per heavy atom. The lowest BCUT2D eigenvalue weighted by Gasteiger charge is -1.97. The zero-order chi connectivity index (χ0) is 8.27. The zero-order valence-corrected chi connectivity index (χ0v) is 8.46. The van der Waals surface area contributed by atoms with Crippen molar-refractivity contribution in [2.75, 3.05) is 6.54 Å². The van der Waals surface area contributed by atoms with Gasteiger partial charge in [-0.2, -0.15) is 0 Å². The van der Waals surface area contributed by atoms with E-state index in [0.717, 1.165) is 9.35 Å². The molecule has 11 heavy (non-hydrogen) atoms. The van der Waals surface area contributed by atoms with Crippen LogP contribution in [0.3, 0.4) is 0 Å². The summed E-state index contributed by atoms with van der Waals surface area (Å²) in [6, 6.07) is 1.87. The summed E-state index contributed by atoms with van der Waals surface area (Å²) in [7, 11) is 0. The van der Waals surface area contributed by atoms with Crippen molar-refractivity contribution < 1.29 is 4.79 Å². The molecule has 0 aliphatic heterocycles. The summed E-state index contributed by atoms with van der Waals surface area (Å²) in [6.45, 7) is 2.57. The molecular formula is C7H8BrNOS. The minimum Gasteiger partial charge on any atom is -0.352 e. The molecule has 0 saturated heterocycles. The van der Waals surface area contributed by atoms with Crippen molar-refractivity contribution in [1.29, 1.82) is 0 Å². The van der Waals surface area contributed by atoms with E-state index in [9.17, 15) is 4.79 Å². The highest BCUT2D eigenvalue weighted by molar-refractivity contribution is 9.10. The molecule has 1 amide bonds. The summed E-state index contributed by atoms with van der Waals surface area (Å²) < 4.78 is 0.869. The van der Waals surface area contributed by atoms with Crippen LogP contribution in [0.4, 0.5) is 0 Å². The molecular weight excluding hydrogens is 226 g/mol. The fraction of sp³-hybridized carbons (Fsp3) is 0.286. The van der Waals surface area contributed by atoms with E-state index in [1.54, 1.807) is 0 Å². The van der Waals surface area contributed by atoms with Gasteiger partial charge >= 0.3 is 0 Å². The minimum absolute atomic E-state index is 0.00521. The van der Waals surface area contributed by atoms with Crippen LogP contribution in [0.15, 0.2) is 15.9 Å². The molecule has 1 rings (SSSR count). The highest BCUT2D eigenvalue weighted by atomic mass is 79.9. The normalized spacial score (nSPS) is 9.64. The maximum atomic E-state index is 11.2. The predicted octanol–water partition coefficient (Wildman–Crippen LogP) is 2.26. The molecule has 0 bridgehead atoms. The number of hydrogen-bond acceptors (Lipinski definition) is 2. The van der Waals surface area contributed by atoms with Gasteiger partial charge in [-0.3, -0.25) is 4.79 Å². The van der Waals surface area contributed by atoms with E-state index < -0.39 is 0 Å². The molecule has 0 spiro atoms. The second-order valence-electron chi connectivity index (χ2n) is 1.96. The lowest BCUT2D eigenvalue weighted by Crippen LogP contribution is -2.21. The van der Waals surface area contributed by atoms with Crippen LogP contribution in [0.5, 0.6) is 0 Å². The molecule has 1 heterocycles. The van der Waals surface area contributed by atoms with Gasteiger partial charge in [-0.1, -0.05) is 0 Å². The third-order valence-electron chi connectivity index (χ3n) is 1.16. The number of carbonyl (C=O) groups is 1. The number of rotatable bonds is 2. The first-order valence-electron chi connectivity index (χ1n) is 3.27. The molecule has 1 aromatic rings. The summed E-state index contributed by atoms with van der Waals surface area (Å²) in [5, 5.41) is 4.61. The Morgan fingerprint density at radius 1 is 1.82 bits per heavy atom. The molecule has 1 aromatic heterocycles. The minimum atomic E-state index is -0.00521. The monoisotopic (exact) mass is 233 g/mol. The Balaban J connectivity index is 2.76. The van der Waals surface area contributed by atoms with E-state index in [0.29, 0.717) is 6.54 Å². The van der Waals surface area contributed by atoms with E-state index in [-0.39, 0.29) is 5.91 Å². The van der Waals surface area contributed by atoms with Crippen molar-refractivity contribution in [3.05, 3.63) is 20.8 Å². The SMILES string of the molecule is CCNC(=O)c1sccc1Br. The van der Waals surface area contributed by atoms with E-state index in [2.05, 4.69) is 21.2 Å². The van der Waals surface area contributed by atoms with Crippen molar-refractivity contribution in [2.24, 2.45) is 0 Å². The standard InChI is InChI=1S/C7H8BrNOS/c1-2-9-7(10)6-5(8)3-4-11-6/h3-4H,2H2,1H3,(H,9,10).